The van der Waals surface area contributed by atoms with Gasteiger partial charge in [0.05, 0.1) is 0 Å². The third-order valence-corrected chi connectivity index (χ3v) is 4.48. The molecule has 1 N–H and O–H groups in total. The molecule has 2 nitrogen and oxygen atoms in total. The highest BCUT2D eigenvalue weighted by Gasteiger charge is 2.30. The van der Waals surface area contributed by atoms with Crippen molar-refractivity contribution in [3.8, 4) is 0 Å². The number of halogens is 2. The molecule has 0 spiro atoms. The summed E-state index contributed by atoms with van der Waals surface area (Å²) in [6.07, 6.45) is 3.41. The SMILES string of the molecule is CNC(CCN(C)C(C)C1CC1)c1cccc(F)c1F. The summed E-state index contributed by atoms with van der Waals surface area (Å²) in [4.78, 5) is 2.32. The second-order valence-corrected chi connectivity index (χ2v) is 5.83. The Morgan fingerprint density at radius 2 is 2.05 bits per heavy atom. The Balaban J connectivity index is 1.96. The first-order valence-electron chi connectivity index (χ1n) is 7.36. The van der Waals surface area contributed by atoms with Crippen molar-refractivity contribution in [1.82, 2.24) is 10.2 Å². The lowest BCUT2D eigenvalue weighted by Gasteiger charge is -2.27. The molecule has 0 radical (unpaired) electrons. The second kappa shape index (κ2) is 6.64. The van der Waals surface area contributed by atoms with Crippen LogP contribution in [-0.2, 0) is 0 Å². The van der Waals surface area contributed by atoms with E-state index >= 15 is 0 Å². The van der Waals surface area contributed by atoms with Crippen LogP contribution in [0.1, 0.15) is 37.8 Å². The lowest BCUT2D eigenvalue weighted by Crippen LogP contribution is -2.33. The average Bonchev–Trinajstić information content (AvgIpc) is 3.27. The van der Waals surface area contributed by atoms with E-state index in [2.05, 4.69) is 24.2 Å². The molecule has 1 fully saturated rings. The summed E-state index contributed by atoms with van der Waals surface area (Å²) >= 11 is 0. The van der Waals surface area contributed by atoms with Crippen LogP contribution >= 0.6 is 0 Å². The molecule has 1 aromatic carbocycles. The summed E-state index contributed by atoms with van der Waals surface area (Å²) in [6.45, 7) is 3.12. The number of hydrogen-bond acceptors (Lipinski definition) is 2. The number of hydrogen-bond donors (Lipinski definition) is 1. The highest BCUT2D eigenvalue weighted by Crippen LogP contribution is 2.35. The molecule has 4 heteroatoms. The Hall–Kier alpha value is -1.00. The van der Waals surface area contributed by atoms with Crippen LogP contribution in [0.5, 0.6) is 0 Å². The smallest absolute Gasteiger partial charge is 0.163 e. The normalized spacial score (nSPS) is 18.3. The molecule has 1 aromatic rings. The third-order valence-electron chi connectivity index (χ3n) is 4.48. The van der Waals surface area contributed by atoms with E-state index in [0.717, 1.165) is 24.9 Å². The number of rotatable bonds is 7. The third kappa shape index (κ3) is 3.55. The first-order valence-corrected chi connectivity index (χ1v) is 7.36. The summed E-state index contributed by atoms with van der Waals surface area (Å²) in [5, 5.41) is 3.09. The molecule has 0 bridgehead atoms. The van der Waals surface area contributed by atoms with Crippen molar-refractivity contribution in [2.24, 2.45) is 5.92 Å². The van der Waals surface area contributed by atoms with Gasteiger partial charge in [0.1, 0.15) is 0 Å². The Labute approximate surface area is 120 Å². The van der Waals surface area contributed by atoms with Gasteiger partial charge in [-0.2, -0.15) is 0 Å². The molecule has 0 heterocycles. The molecule has 112 valence electrons. The first-order chi connectivity index (χ1) is 9.54. The van der Waals surface area contributed by atoms with Gasteiger partial charge in [0.15, 0.2) is 11.6 Å². The van der Waals surface area contributed by atoms with Gasteiger partial charge in [0.2, 0.25) is 0 Å². The van der Waals surface area contributed by atoms with Gasteiger partial charge in [0, 0.05) is 17.6 Å². The predicted molar refractivity (Wildman–Crippen MR) is 77.6 cm³/mol. The van der Waals surface area contributed by atoms with E-state index in [-0.39, 0.29) is 6.04 Å². The zero-order valence-corrected chi connectivity index (χ0v) is 12.5. The lowest BCUT2D eigenvalue weighted by atomic mass is 10.0. The van der Waals surface area contributed by atoms with Crippen molar-refractivity contribution in [3.63, 3.8) is 0 Å². The second-order valence-electron chi connectivity index (χ2n) is 5.83. The topological polar surface area (TPSA) is 15.3 Å². The van der Waals surface area contributed by atoms with Crippen LogP contribution in [0.2, 0.25) is 0 Å². The van der Waals surface area contributed by atoms with Crippen LogP contribution < -0.4 is 5.32 Å². The van der Waals surface area contributed by atoms with E-state index in [1.54, 1.807) is 19.2 Å². The minimum Gasteiger partial charge on any atom is -0.313 e. The highest BCUT2D eigenvalue weighted by atomic mass is 19.2. The van der Waals surface area contributed by atoms with Gasteiger partial charge in [-0.1, -0.05) is 12.1 Å². The molecular formula is C16H24F2N2. The molecule has 0 amide bonds. The van der Waals surface area contributed by atoms with E-state index in [0.29, 0.717) is 11.6 Å². The fourth-order valence-corrected chi connectivity index (χ4v) is 2.72. The van der Waals surface area contributed by atoms with Crippen molar-refractivity contribution in [3.05, 3.63) is 35.4 Å². The zero-order chi connectivity index (χ0) is 14.7. The predicted octanol–water partition coefficient (Wildman–Crippen LogP) is 3.35. The standard InChI is InChI=1S/C16H24F2N2/c1-11(12-7-8-12)20(3)10-9-15(19-2)13-5-4-6-14(17)16(13)18/h4-6,11-12,15,19H,7-10H2,1-3H3. The van der Waals surface area contributed by atoms with E-state index in [1.165, 1.54) is 12.8 Å². The molecule has 20 heavy (non-hydrogen) atoms. The summed E-state index contributed by atoms with van der Waals surface area (Å²) < 4.78 is 27.1. The van der Waals surface area contributed by atoms with Gasteiger partial charge in [0.25, 0.3) is 0 Å². The number of benzene rings is 1. The number of nitrogens with one attached hydrogen (secondary N) is 1. The number of nitrogens with zero attached hydrogens (tertiary/aromatic N) is 1. The minimum atomic E-state index is -0.776. The quantitative estimate of drug-likeness (QED) is 0.825. The average molecular weight is 282 g/mol. The lowest BCUT2D eigenvalue weighted by molar-refractivity contribution is 0.222. The summed E-state index contributed by atoms with van der Waals surface area (Å²) in [6, 6.07) is 4.80. The maximum absolute atomic E-state index is 13.8. The zero-order valence-electron chi connectivity index (χ0n) is 12.5. The first kappa shape index (κ1) is 15.4. The summed E-state index contributed by atoms with van der Waals surface area (Å²) in [5.74, 6) is -0.689. The largest absolute Gasteiger partial charge is 0.313 e. The maximum Gasteiger partial charge on any atom is 0.163 e. The minimum absolute atomic E-state index is 0.153. The van der Waals surface area contributed by atoms with Crippen molar-refractivity contribution in [2.45, 2.75) is 38.3 Å². The fourth-order valence-electron chi connectivity index (χ4n) is 2.72. The molecule has 0 saturated heterocycles. The molecule has 0 aliphatic heterocycles. The van der Waals surface area contributed by atoms with E-state index in [9.17, 15) is 8.78 Å². The molecule has 2 rings (SSSR count). The Morgan fingerprint density at radius 1 is 1.35 bits per heavy atom. The molecular weight excluding hydrogens is 258 g/mol. The van der Waals surface area contributed by atoms with Gasteiger partial charge in [-0.15, -0.1) is 0 Å². The molecule has 2 atom stereocenters. The van der Waals surface area contributed by atoms with Crippen LogP contribution in [0.15, 0.2) is 18.2 Å². The van der Waals surface area contributed by atoms with Gasteiger partial charge >= 0.3 is 0 Å². The Morgan fingerprint density at radius 3 is 2.65 bits per heavy atom. The van der Waals surface area contributed by atoms with Crippen molar-refractivity contribution < 1.29 is 8.78 Å². The van der Waals surface area contributed by atoms with Crippen molar-refractivity contribution >= 4 is 0 Å². The Kier molecular flexibility index (Phi) is 5.11. The molecule has 1 aliphatic carbocycles. The summed E-state index contributed by atoms with van der Waals surface area (Å²) in [7, 11) is 3.90. The summed E-state index contributed by atoms with van der Waals surface area (Å²) in [5.41, 5.74) is 0.417. The van der Waals surface area contributed by atoms with E-state index < -0.39 is 11.6 Å². The molecule has 0 aromatic heterocycles. The van der Waals surface area contributed by atoms with Crippen LogP contribution in [0.4, 0.5) is 8.78 Å². The fraction of sp³-hybridized carbons (Fsp3) is 0.625. The van der Waals surface area contributed by atoms with Crippen molar-refractivity contribution in [1.29, 1.82) is 0 Å². The highest BCUT2D eigenvalue weighted by molar-refractivity contribution is 5.22. The Bertz CT molecular complexity index is 446. The van der Waals surface area contributed by atoms with Crippen LogP contribution in [-0.4, -0.2) is 31.6 Å². The monoisotopic (exact) mass is 282 g/mol. The van der Waals surface area contributed by atoms with E-state index in [4.69, 9.17) is 0 Å². The van der Waals surface area contributed by atoms with E-state index in [1.807, 2.05) is 0 Å². The molecule has 1 aliphatic rings. The maximum atomic E-state index is 13.8. The molecule has 2 unspecified atom stereocenters. The van der Waals surface area contributed by atoms with Crippen LogP contribution in [0.3, 0.4) is 0 Å². The van der Waals surface area contributed by atoms with Crippen LogP contribution in [0.25, 0.3) is 0 Å². The van der Waals surface area contributed by atoms with Crippen LogP contribution in [0, 0.1) is 17.6 Å². The molecule has 1 saturated carbocycles. The van der Waals surface area contributed by atoms with Crippen molar-refractivity contribution in [2.75, 3.05) is 20.6 Å². The van der Waals surface area contributed by atoms with Gasteiger partial charge in [-0.25, -0.2) is 8.78 Å². The van der Waals surface area contributed by atoms with Gasteiger partial charge in [-0.05, 0) is 58.8 Å². The van der Waals surface area contributed by atoms with Gasteiger partial charge < -0.3 is 10.2 Å². The van der Waals surface area contributed by atoms with Gasteiger partial charge in [-0.3, -0.25) is 0 Å².